The van der Waals surface area contributed by atoms with Crippen LogP contribution in [0.2, 0.25) is 0 Å². The van der Waals surface area contributed by atoms with Gasteiger partial charge in [0.15, 0.2) is 0 Å². The molecule has 0 bridgehead atoms. The summed E-state index contributed by atoms with van der Waals surface area (Å²) >= 11 is 0. The molecule has 1 aliphatic carbocycles. The number of carbonyl (C=O) groups excluding carboxylic acids is 1. The monoisotopic (exact) mass is 304 g/mol. The van der Waals surface area contributed by atoms with E-state index in [0.717, 1.165) is 18.2 Å². The van der Waals surface area contributed by atoms with Gasteiger partial charge in [0.2, 0.25) is 0 Å². The van der Waals surface area contributed by atoms with E-state index in [1.807, 2.05) is 10.7 Å². The molecule has 21 heavy (non-hydrogen) atoms. The number of hydrazine groups is 1. The highest BCUT2D eigenvalue weighted by atomic mass is 19.4. The van der Waals surface area contributed by atoms with Gasteiger partial charge in [0.1, 0.15) is 11.2 Å². The van der Waals surface area contributed by atoms with Crippen molar-refractivity contribution in [3.8, 4) is 0 Å². The van der Waals surface area contributed by atoms with Crippen LogP contribution in [0.25, 0.3) is 0 Å². The molecule has 2 rings (SSSR count). The third-order valence-corrected chi connectivity index (χ3v) is 3.26. The van der Waals surface area contributed by atoms with E-state index in [4.69, 9.17) is 5.84 Å². The molecule has 0 aliphatic heterocycles. The van der Waals surface area contributed by atoms with Crippen LogP contribution >= 0.6 is 0 Å². The van der Waals surface area contributed by atoms with Crippen LogP contribution in [-0.2, 0) is 0 Å². The van der Waals surface area contributed by atoms with Gasteiger partial charge in [-0.25, -0.2) is 0 Å². The van der Waals surface area contributed by atoms with Gasteiger partial charge < -0.3 is 10.7 Å². The normalized spacial score (nSPS) is 16.2. The molecule has 0 aromatic heterocycles. The first-order valence-electron chi connectivity index (χ1n) is 5.84. The predicted octanol–water partition coefficient (Wildman–Crippen LogP) is 1.71. The van der Waals surface area contributed by atoms with Crippen molar-refractivity contribution in [3.05, 3.63) is 33.9 Å². The minimum Gasteiger partial charge on any atom is -0.338 e. The Morgan fingerprint density at radius 2 is 2.00 bits per heavy atom. The molecule has 7 nitrogen and oxygen atoms in total. The molecule has 114 valence electrons. The van der Waals surface area contributed by atoms with Crippen LogP contribution < -0.4 is 16.6 Å². The van der Waals surface area contributed by atoms with Gasteiger partial charge in [-0.05, 0) is 25.0 Å². The Kier molecular flexibility index (Phi) is 3.49. The molecule has 1 aromatic rings. The number of rotatable bonds is 4. The number of nitrogens with two attached hydrogens (primary N) is 1. The fraction of sp³-hybridized carbons (Fsp3) is 0.364. The van der Waals surface area contributed by atoms with Gasteiger partial charge in [0, 0.05) is 11.6 Å². The molecule has 0 heterocycles. The second-order valence-corrected chi connectivity index (χ2v) is 4.67. The van der Waals surface area contributed by atoms with Gasteiger partial charge in [0.25, 0.3) is 11.6 Å². The van der Waals surface area contributed by atoms with Crippen molar-refractivity contribution in [1.29, 1.82) is 0 Å². The van der Waals surface area contributed by atoms with Crippen molar-refractivity contribution in [3.63, 3.8) is 0 Å². The summed E-state index contributed by atoms with van der Waals surface area (Å²) < 4.78 is 38.3. The van der Waals surface area contributed by atoms with Gasteiger partial charge in [0.05, 0.1) is 4.92 Å². The number of carbonyl (C=O) groups is 1. The van der Waals surface area contributed by atoms with Crippen LogP contribution in [0, 0.1) is 10.1 Å². The number of nitrogens with zero attached hydrogens (tertiary/aromatic N) is 1. The van der Waals surface area contributed by atoms with Crippen LogP contribution in [0.4, 0.5) is 24.5 Å². The Labute approximate surface area is 116 Å². The number of nitro groups is 1. The predicted molar refractivity (Wildman–Crippen MR) is 66.4 cm³/mol. The van der Waals surface area contributed by atoms with Crippen LogP contribution in [0.1, 0.15) is 23.2 Å². The molecule has 1 fully saturated rings. The van der Waals surface area contributed by atoms with E-state index in [1.54, 1.807) is 0 Å². The topological polar surface area (TPSA) is 110 Å². The van der Waals surface area contributed by atoms with E-state index in [0.29, 0.717) is 0 Å². The zero-order valence-electron chi connectivity index (χ0n) is 10.5. The first kappa shape index (κ1) is 15.0. The average Bonchev–Trinajstić information content (AvgIpc) is 3.18. The standard InChI is InChI=1S/C11H11F3N4O3/c12-11(13,14)10(3-4-10)16-9(19)6-1-2-8(18(20)21)7(5-6)17-15/h1-2,5,17H,3-4,15H2,(H,16,19). The van der Waals surface area contributed by atoms with Gasteiger partial charge in [-0.15, -0.1) is 0 Å². The number of nitrogen functional groups attached to an aromatic ring is 1. The zero-order chi connectivity index (χ0) is 15.8. The summed E-state index contributed by atoms with van der Waals surface area (Å²) in [6.45, 7) is 0. The molecule has 4 N–H and O–H groups in total. The van der Waals surface area contributed by atoms with E-state index in [-0.39, 0.29) is 29.8 Å². The minimum absolute atomic E-state index is 0.149. The largest absolute Gasteiger partial charge is 0.411 e. The highest BCUT2D eigenvalue weighted by Crippen LogP contribution is 2.49. The van der Waals surface area contributed by atoms with Crippen LogP contribution in [0.3, 0.4) is 0 Å². The Balaban J connectivity index is 2.23. The summed E-state index contributed by atoms with van der Waals surface area (Å²) in [4.78, 5) is 21.8. The maximum atomic E-state index is 12.8. The highest BCUT2D eigenvalue weighted by molar-refractivity contribution is 5.96. The van der Waals surface area contributed by atoms with E-state index in [9.17, 15) is 28.1 Å². The number of halogens is 3. The molecule has 1 aliphatic rings. The van der Waals surface area contributed by atoms with Gasteiger partial charge >= 0.3 is 6.18 Å². The van der Waals surface area contributed by atoms with Crippen LogP contribution in [0.15, 0.2) is 18.2 Å². The van der Waals surface area contributed by atoms with Crippen molar-refractivity contribution in [2.24, 2.45) is 5.84 Å². The summed E-state index contributed by atoms with van der Waals surface area (Å²) in [6.07, 6.45) is -4.90. The Morgan fingerprint density at radius 1 is 1.38 bits per heavy atom. The summed E-state index contributed by atoms with van der Waals surface area (Å²) in [5.74, 6) is 4.14. The Morgan fingerprint density at radius 3 is 2.43 bits per heavy atom. The summed E-state index contributed by atoms with van der Waals surface area (Å²) in [5.41, 5.74) is -0.850. The lowest BCUT2D eigenvalue weighted by Gasteiger charge is -2.20. The third-order valence-electron chi connectivity index (χ3n) is 3.26. The molecule has 0 spiro atoms. The van der Waals surface area contributed by atoms with Crippen molar-refractivity contribution in [2.75, 3.05) is 5.43 Å². The highest BCUT2D eigenvalue weighted by Gasteiger charge is 2.64. The molecule has 0 saturated heterocycles. The Bertz CT molecular complexity index is 599. The fourth-order valence-corrected chi connectivity index (χ4v) is 1.85. The number of hydrogen-bond donors (Lipinski definition) is 3. The molecular weight excluding hydrogens is 293 g/mol. The maximum Gasteiger partial charge on any atom is 0.411 e. The number of anilines is 1. The first-order chi connectivity index (χ1) is 9.70. The lowest BCUT2D eigenvalue weighted by Crippen LogP contribution is -2.47. The number of nitrogens with one attached hydrogen (secondary N) is 2. The SMILES string of the molecule is NNc1cc(C(=O)NC2(C(F)(F)F)CC2)ccc1[N+](=O)[O-]. The Hall–Kier alpha value is -2.36. The van der Waals surface area contributed by atoms with Gasteiger partial charge in [-0.1, -0.05) is 0 Å². The van der Waals surface area contributed by atoms with Crippen molar-refractivity contribution in [1.82, 2.24) is 5.32 Å². The fourth-order valence-electron chi connectivity index (χ4n) is 1.85. The van der Waals surface area contributed by atoms with Crippen molar-refractivity contribution < 1.29 is 22.9 Å². The average molecular weight is 304 g/mol. The first-order valence-corrected chi connectivity index (χ1v) is 5.84. The lowest BCUT2D eigenvalue weighted by molar-refractivity contribution is -0.384. The van der Waals surface area contributed by atoms with E-state index in [1.165, 1.54) is 0 Å². The molecule has 0 unspecified atom stereocenters. The quantitative estimate of drug-likeness (QED) is 0.445. The van der Waals surface area contributed by atoms with Crippen LogP contribution in [0.5, 0.6) is 0 Å². The summed E-state index contributed by atoms with van der Waals surface area (Å²) in [5, 5.41) is 12.6. The molecule has 0 radical (unpaired) electrons. The molecule has 1 amide bonds. The van der Waals surface area contributed by atoms with E-state index < -0.39 is 22.5 Å². The van der Waals surface area contributed by atoms with Crippen LogP contribution in [-0.4, -0.2) is 22.5 Å². The van der Waals surface area contributed by atoms with E-state index >= 15 is 0 Å². The third kappa shape index (κ3) is 2.75. The summed E-state index contributed by atoms with van der Waals surface area (Å²) in [7, 11) is 0. The smallest absolute Gasteiger partial charge is 0.338 e. The molecule has 1 aromatic carbocycles. The molecule has 10 heteroatoms. The minimum atomic E-state index is -4.53. The van der Waals surface area contributed by atoms with Crippen molar-refractivity contribution >= 4 is 17.3 Å². The van der Waals surface area contributed by atoms with Gasteiger partial charge in [-0.3, -0.25) is 20.8 Å². The second-order valence-electron chi connectivity index (χ2n) is 4.67. The molecule has 1 saturated carbocycles. The molecule has 0 atom stereocenters. The number of nitro benzene ring substituents is 1. The lowest BCUT2D eigenvalue weighted by atomic mass is 10.1. The maximum absolute atomic E-state index is 12.8. The number of benzene rings is 1. The van der Waals surface area contributed by atoms with Gasteiger partial charge in [-0.2, -0.15) is 13.2 Å². The van der Waals surface area contributed by atoms with E-state index in [2.05, 4.69) is 0 Å². The zero-order valence-corrected chi connectivity index (χ0v) is 10.5. The molecular formula is C11H11F3N4O3. The second kappa shape index (κ2) is 4.88. The number of amides is 1. The number of alkyl halides is 3. The van der Waals surface area contributed by atoms with Crippen molar-refractivity contribution in [2.45, 2.75) is 24.6 Å². The number of hydrogen-bond acceptors (Lipinski definition) is 5. The summed E-state index contributed by atoms with van der Waals surface area (Å²) in [6, 6.07) is 3.10.